The van der Waals surface area contributed by atoms with Crippen molar-refractivity contribution in [3.05, 3.63) is 30.1 Å². The van der Waals surface area contributed by atoms with Gasteiger partial charge in [-0.15, -0.1) is 0 Å². The fourth-order valence-electron chi connectivity index (χ4n) is 3.15. The lowest BCUT2D eigenvalue weighted by atomic mass is 9.75. The van der Waals surface area contributed by atoms with Crippen LogP contribution in [0.15, 0.2) is 24.3 Å². The average Bonchev–Trinajstić information content (AvgIpc) is 2.90. The second-order valence-corrected chi connectivity index (χ2v) is 6.36. The van der Waals surface area contributed by atoms with Crippen LogP contribution in [0.4, 0.5) is 8.78 Å². The minimum atomic E-state index is -3.80. The van der Waals surface area contributed by atoms with E-state index in [9.17, 15) is 18.7 Å². The van der Waals surface area contributed by atoms with Gasteiger partial charge in [0.25, 0.3) is 5.91 Å². The summed E-state index contributed by atoms with van der Waals surface area (Å²) in [7, 11) is 0. The lowest BCUT2D eigenvalue weighted by Gasteiger charge is -2.41. The molecule has 0 spiro atoms. The molecule has 0 bridgehead atoms. The maximum atomic E-state index is 14.2. The second kappa shape index (κ2) is 5.81. The number of hydrogen-bond donors (Lipinski definition) is 2. The van der Waals surface area contributed by atoms with Crippen LogP contribution in [-0.2, 0) is 11.3 Å². The maximum absolute atomic E-state index is 14.2. The second-order valence-electron chi connectivity index (χ2n) is 6.36. The van der Waals surface area contributed by atoms with E-state index in [4.69, 9.17) is 0 Å². The summed E-state index contributed by atoms with van der Waals surface area (Å²) in [6.07, 6.45) is 0.380. The van der Waals surface area contributed by atoms with E-state index < -0.39 is 23.5 Å². The van der Waals surface area contributed by atoms with Crippen molar-refractivity contribution in [1.82, 2.24) is 14.9 Å². The number of carbonyl (C=O) groups is 1. The van der Waals surface area contributed by atoms with Gasteiger partial charge in [-0.2, -0.15) is 8.78 Å². The predicted octanol–water partition coefficient (Wildman–Crippen LogP) is 2.78. The highest BCUT2D eigenvalue weighted by molar-refractivity contribution is 5.85. The summed E-state index contributed by atoms with van der Waals surface area (Å²) in [5.41, 5.74) is -0.581. The summed E-state index contributed by atoms with van der Waals surface area (Å²) in [6.45, 7) is 4.15. The number of alkyl halides is 2. The van der Waals surface area contributed by atoms with E-state index in [2.05, 4.69) is 10.3 Å². The van der Waals surface area contributed by atoms with E-state index >= 15 is 0 Å². The van der Waals surface area contributed by atoms with Crippen LogP contribution in [0.5, 0.6) is 0 Å². The first-order chi connectivity index (χ1) is 11.3. The van der Waals surface area contributed by atoms with Gasteiger partial charge in [-0.1, -0.05) is 12.1 Å². The van der Waals surface area contributed by atoms with Gasteiger partial charge in [0.2, 0.25) is 0 Å². The molecule has 2 aromatic rings. The summed E-state index contributed by atoms with van der Waals surface area (Å²) in [5, 5.41) is 12.2. The number of amides is 1. The molecule has 24 heavy (non-hydrogen) atoms. The topological polar surface area (TPSA) is 67.2 Å². The van der Waals surface area contributed by atoms with E-state index in [1.54, 1.807) is 6.92 Å². The fourth-order valence-corrected chi connectivity index (χ4v) is 3.15. The molecule has 1 heterocycles. The third-order valence-corrected chi connectivity index (χ3v) is 4.79. The molecule has 3 rings (SSSR count). The quantitative estimate of drug-likeness (QED) is 0.882. The van der Waals surface area contributed by atoms with Gasteiger partial charge in [0, 0.05) is 6.54 Å². The zero-order chi connectivity index (χ0) is 17.5. The van der Waals surface area contributed by atoms with E-state index in [0.717, 1.165) is 11.0 Å². The van der Waals surface area contributed by atoms with Crippen LogP contribution in [-0.4, -0.2) is 32.1 Å². The molecule has 0 saturated heterocycles. The van der Waals surface area contributed by atoms with E-state index in [1.165, 1.54) is 0 Å². The molecule has 7 heteroatoms. The molecule has 0 aliphatic heterocycles. The Morgan fingerprint density at radius 2 is 2.12 bits per heavy atom. The highest BCUT2D eigenvalue weighted by atomic mass is 19.3. The molecule has 130 valence electrons. The van der Waals surface area contributed by atoms with Gasteiger partial charge in [0.15, 0.2) is 0 Å². The van der Waals surface area contributed by atoms with Crippen LogP contribution < -0.4 is 5.32 Å². The van der Waals surface area contributed by atoms with Gasteiger partial charge in [-0.3, -0.25) is 4.79 Å². The van der Waals surface area contributed by atoms with Crippen LogP contribution in [0.25, 0.3) is 11.0 Å². The van der Waals surface area contributed by atoms with Crippen LogP contribution in [0.1, 0.15) is 45.0 Å². The highest BCUT2D eigenvalue weighted by Crippen LogP contribution is 2.44. The monoisotopic (exact) mass is 337 g/mol. The number of nitrogens with one attached hydrogen (secondary N) is 1. The molecule has 2 N–H and O–H groups in total. The number of imidazole rings is 1. The van der Waals surface area contributed by atoms with Crippen LogP contribution in [0.2, 0.25) is 0 Å². The summed E-state index contributed by atoms with van der Waals surface area (Å²) in [6, 6.07) is 6.77. The zero-order valence-electron chi connectivity index (χ0n) is 13.7. The maximum Gasteiger partial charge on any atom is 0.352 e. The van der Waals surface area contributed by atoms with Crippen molar-refractivity contribution in [2.75, 3.05) is 0 Å². The Labute approximate surface area is 138 Å². The third kappa shape index (κ3) is 2.47. The van der Waals surface area contributed by atoms with Crippen LogP contribution in [0, 0.1) is 0 Å². The number of rotatable bonds is 5. The van der Waals surface area contributed by atoms with Gasteiger partial charge in [-0.05, 0) is 45.2 Å². The number of hydrogen-bond acceptors (Lipinski definition) is 3. The summed E-state index contributed by atoms with van der Waals surface area (Å²) in [4.78, 5) is 16.5. The Balaban J connectivity index is 1.85. The molecular formula is C17H21F2N3O2. The average molecular weight is 337 g/mol. The van der Waals surface area contributed by atoms with Gasteiger partial charge in [0.1, 0.15) is 11.4 Å². The van der Waals surface area contributed by atoms with Gasteiger partial charge in [-0.25, -0.2) is 4.98 Å². The number of aliphatic hydroxyl groups is 1. The molecule has 0 radical (unpaired) electrons. The van der Waals surface area contributed by atoms with Crippen LogP contribution >= 0.6 is 0 Å². The third-order valence-electron chi connectivity index (χ3n) is 4.79. The zero-order valence-corrected chi connectivity index (χ0v) is 13.7. The number of fused-ring (bicyclic) bond motifs is 1. The van der Waals surface area contributed by atoms with Crippen molar-refractivity contribution in [3.63, 3.8) is 0 Å². The normalized spacial score (nSPS) is 18.2. The highest BCUT2D eigenvalue weighted by Gasteiger charge is 2.61. The molecule has 1 aliphatic rings. The minimum absolute atomic E-state index is 0.0602. The van der Waals surface area contributed by atoms with Crippen molar-refractivity contribution < 1.29 is 18.7 Å². The molecule has 1 unspecified atom stereocenters. The first kappa shape index (κ1) is 16.8. The molecule has 1 atom stereocenters. The summed E-state index contributed by atoms with van der Waals surface area (Å²) in [5.74, 6) is -4.74. The number of aromatic nitrogens is 2. The molecular weight excluding hydrogens is 316 g/mol. The first-order valence-corrected chi connectivity index (χ1v) is 8.16. The lowest BCUT2D eigenvalue weighted by Crippen LogP contribution is -2.60. The number of benzene rings is 1. The minimum Gasteiger partial charge on any atom is -0.383 e. The van der Waals surface area contributed by atoms with Crippen molar-refractivity contribution in [2.24, 2.45) is 0 Å². The number of aryl methyl sites for hydroxylation is 1. The standard InChI is InChI=1S/C17H21F2N3O2/c1-3-22-13-8-5-4-7-12(13)21-14(22)11(2)20-15(23)17(18,19)16(24)9-6-10-16/h4-5,7-8,11,24H,3,6,9-10H2,1-2H3,(H,20,23). The number of carbonyl (C=O) groups excluding carboxylic acids is 1. The van der Waals surface area contributed by atoms with Crippen molar-refractivity contribution in [1.29, 1.82) is 0 Å². The van der Waals surface area contributed by atoms with Crippen LogP contribution in [0.3, 0.4) is 0 Å². The van der Waals surface area contributed by atoms with Gasteiger partial charge < -0.3 is 15.0 Å². The van der Waals surface area contributed by atoms with E-state index in [1.807, 2.05) is 35.8 Å². The molecule has 1 aromatic heterocycles. The van der Waals surface area contributed by atoms with Gasteiger partial charge >= 0.3 is 5.92 Å². The smallest absolute Gasteiger partial charge is 0.352 e. The SMILES string of the molecule is CCn1c(C(C)NC(=O)C(F)(F)C2(O)CCC2)nc2ccccc21. The molecule has 5 nitrogen and oxygen atoms in total. The Bertz CT molecular complexity index is 768. The van der Waals surface area contributed by atoms with Crippen molar-refractivity contribution in [2.45, 2.75) is 57.2 Å². The fraction of sp³-hybridized carbons (Fsp3) is 0.529. The lowest BCUT2D eigenvalue weighted by molar-refractivity contribution is -0.216. The molecule has 1 amide bonds. The van der Waals surface area contributed by atoms with E-state index in [-0.39, 0.29) is 12.8 Å². The molecule has 1 saturated carbocycles. The Kier molecular flexibility index (Phi) is 4.07. The largest absolute Gasteiger partial charge is 0.383 e. The summed E-state index contributed by atoms with van der Waals surface area (Å²) < 4.78 is 30.3. The molecule has 1 aliphatic carbocycles. The summed E-state index contributed by atoms with van der Waals surface area (Å²) >= 11 is 0. The number of halogens is 2. The number of nitrogens with zero attached hydrogens (tertiary/aromatic N) is 2. The molecule has 1 aromatic carbocycles. The van der Waals surface area contributed by atoms with Gasteiger partial charge in [0.05, 0.1) is 17.1 Å². The Hall–Kier alpha value is -2.02. The Morgan fingerprint density at radius 3 is 2.71 bits per heavy atom. The van der Waals surface area contributed by atoms with Crippen molar-refractivity contribution in [3.8, 4) is 0 Å². The predicted molar refractivity (Wildman–Crippen MR) is 85.7 cm³/mol. The first-order valence-electron chi connectivity index (χ1n) is 8.16. The molecule has 1 fully saturated rings. The van der Waals surface area contributed by atoms with E-state index in [0.29, 0.717) is 18.8 Å². The van der Waals surface area contributed by atoms with Crippen molar-refractivity contribution >= 4 is 16.9 Å². The Morgan fingerprint density at radius 1 is 1.46 bits per heavy atom. The number of para-hydroxylation sites is 2.